The molecule has 1 saturated heterocycles. The zero-order valence-electron chi connectivity index (χ0n) is 9.40. The Morgan fingerprint density at radius 3 is 3.00 bits per heavy atom. The normalized spacial score (nSPS) is 27.6. The molecule has 1 fully saturated rings. The van der Waals surface area contributed by atoms with Gasteiger partial charge in [0.25, 0.3) is 5.91 Å². The zero-order chi connectivity index (χ0) is 10.8. The fourth-order valence-electron chi connectivity index (χ4n) is 2.32. The highest BCUT2D eigenvalue weighted by atomic mass is 16.5. The summed E-state index contributed by atoms with van der Waals surface area (Å²) in [7, 11) is 1.71. The molecule has 84 valence electrons. The molecule has 0 spiro atoms. The van der Waals surface area contributed by atoms with Crippen molar-refractivity contribution >= 4 is 5.91 Å². The third kappa shape index (κ3) is 1.92. The average molecular weight is 210 g/mol. The first-order chi connectivity index (χ1) is 7.24. The van der Waals surface area contributed by atoms with Crippen molar-refractivity contribution in [2.75, 3.05) is 26.8 Å². The first kappa shape index (κ1) is 10.6. The Kier molecular flexibility index (Phi) is 3.07. The molecule has 4 nitrogen and oxygen atoms in total. The van der Waals surface area contributed by atoms with Crippen molar-refractivity contribution in [2.24, 2.45) is 0 Å². The van der Waals surface area contributed by atoms with Crippen LogP contribution in [-0.4, -0.2) is 48.8 Å². The molecule has 0 aromatic carbocycles. The minimum atomic E-state index is 0.151. The maximum absolute atomic E-state index is 11.8. The topological polar surface area (TPSA) is 32.8 Å². The lowest BCUT2D eigenvalue weighted by Gasteiger charge is -2.32. The Morgan fingerprint density at radius 1 is 1.60 bits per heavy atom. The van der Waals surface area contributed by atoms with Crippen LogP contribution in [0.15, 0.2) is 11.6 Å². The lowest BCUT2D eigenvalue weighted by molar-refractivity contribution is -0.144. The lowest BCUT2D eigenvalue weighted by atomic mass is 10.2. The molecular formula is C11H18N2O2. The van der Waals surface area contributed by atoms with Gasteiger partial charge in [0.1, 0.15) is 0 Å². The minimum absolute atomic E-state index is 0.151. The van der Waals surface area contributed by atoms with Gasteiger partial charge in [0, 0.05) is 19.2 Å². The minimum Gasteiger partial charge on any atom is -0.383 e. The monoisotopic (exact) mass is 210 g/mol. The molecule has 0 aromatic heterocycles. The summed E-state index contributed by atoms with van der Waals surface area (Å²) in [6, 6.07) is 0.373. The first-order valence-corrected chi connectivity index (χ1v) is 5.48. The lowest BCUT2D eigenvalue weighted by Crippen LogP contribution is -2.48. The van der Waals surface area contributed by atoms with E-state index in [1.165, 1.54) is 0 Å². The molecule has 2 aliphatic rings. The number of nitrogens with zero attached hydrogens (tertiary/aromatic N) is 2. The van der Waals surface area contributed by atoms with E-state index in [-0.39, 0.29) is 5.91 Å². The van der Waals surface area contributed by atoms with E-state index >= 15 is 0 Å². The number of ether oxygens (including phenoxy) is 1. The maximum Gasteiger partial charge on any atom is 0.263 e. The van der Waals surface area contributed by atoms with Crippen LogP contribution < -0.4 is 0 Å². The van der Waals surface area contributed by atoms with Crippen molar-refractivity contribution in [3.8, 4) is 0 Å². The quantitative estimate of drug-likeness (QED) is 0.690. The molecule has 4 heteroatoms. The fraction of sp³-hybridized carbons (Fsp3) is 0.727. The number of rotatable bonds is 3. The van der Waals surface area contributed by atoms with E-state index in [0.29, 0.717) is 12.6 Å². The fourth-order valence-corrected chi connectivity index (χ4v) is 2.32. The standard InChI is InChI=1S/C11H18N2O2/c1-9-5-7-13(11(9)14)12-6-3-4-10(12)8-15-2/h5,10H,3-4,6-8H2,1-2H3. The number of amides is 1. The van der Waals surface area contributed by atoms with Crippen LogP contribution in [0.3, 0.4) is 0 Å². The Bertz CT molecular complexity index is 288. The van der Waals surface area contributed by atoms with Gasteiger partial charge in [0.2, 0.25) is 0 Å². The summed E-state index contributed by atoms with van der Waals surface area (Å²) in [6.45, 7) is 4.29. The Hall–Kier alpha value is -0.870. The number of hydrogen-bond donors (Lipinski definition) is 0. The Balaban J connectivity index is 2.02. The van der Waals surface area contributed by atoms with Crippen LogP contribution in [0.2, 0.25) is 0 Å². The zero-order valence-corrected chi connectivity index (χ0v) is 9.40. The van der Waals surface area contributed by atoms with Gasteiger partial charge in [-0.3, -0.25) is 9.80 Å². The summed E-state index contributed by atoms with van der Waals surface area (Å²) < 4.78 is 5.18. The van der Waals surface area contributed by atoms with Gasteiger partial charge in [-0.1, -0.05) is 6.08 Å². The van der Waals surface area contributed by atoms with E-state index in [9.17, 15) is 4.79 Å². The Morgan fingerprint density at radius 2 is 2.40 bits per heavy atom. The molecule has 2 rings (SSSR count). The summed E-state index contributed by atoms with van der Waals surface area (Å²) in [5.41, 5.74) is 0.859. The molecule has 1 amide bonds. The third-order valence-corrected chi connectivity index (χ3v) is 3.16. The molecular weight excluding hydrogens is 192 g/mol. The van der Waals surface area contributed by atoms with E-state index in [1.807, 2.05) is 18.0 Å². The molecule has 0 radical (unpaired) electrons. The van der Waals surface area contributed by atoms with Crippen LogP contribution in [-0.2, 0) is 9.53 Å². The van der Waals surface area contributed by atoms with Gasteiger partial charge in [-0.15, -0.1) is 0 Å². The SMILES string of the molecule is COCC1CCCN1N1CC=C(C)C1=O. The van der Waals surface area contributed by atoms with Crippen molar-refractivity contribution < 1.29 is 9.53 Å². The van der Waals surface area contributed by atoms with Gasteiger partial charge in [-0.25, -0.2) is 5.01 Å². The van der Waals surface area contributed by atoms with Crippen molar-refractivity contribution in [1.82, 2.24) is 10.0 Å². The number of carbonyl (C=O) groups excluding carboxylic acids is 1. The van der Waals surface area contributed by atoms with Crippen LogP contribution in [0, 0.1) is 0 Å². The van der Waals surface area contributed by atoms with Crippen LogP contribution >= 0.6 is 0 Å². The van der Waals surface area contributed by atoms with Gasteiger partial charge in [0.15, 0.2) is 0 Å². The van der Waals surface area contributed by atoms with Crippen LogP contribution in [0.4, 0.5) is 0 Å². The number of methoxy groups -OCH3 is 1. The second-order valence-corrected chi connectivity index (χ2v) is 4.19. The summed E-state index contributed by atoms with van der Waals surface area (Å²) in [6.07, 6.45) is 4.26. The first-order valence-electron chi connectivity index (χ1n) is 5.48. The highest BCUT2D eigenvalue weighted by molar-refractivity contribution is 5.94. The van der Waals surface area contributed by atoms with Gasteiger partial charge in [-0.2, -0.15) is 0 Å². The summed E-state index contributed by atoms with van der Waals surface area (Å²) in [5, 5.41) is 4.02. The average Bonchev–Trinajstić information content (AvgIpc) is 2.77. The molecule has 2 heterocycles. The number of carbonyl (C=O) groups is 1. The second-order valence-electron chi connectivity index (χ2n) is 4.19. The third-order valence-electron chi connectivity index (χ3n) is 3.16. The highest BCUT2D eigenvalue weighted by Gasteiger charge is 2.34. The van der Waals surface area contributed by atoms with E-state index in [2.05, 4.69) is 5.01 Å². The van der Waals surface area contributed by atoms with Crippen molar-refractivity contribution in [3.05, 3.63) is 11.6 Å². The molecule has 2 aliphatic heterocycles. The maximum atomic E-state index is 11.8. The van der Waals surface area contributed by atoms with E-state index in [1.54, 1.807) is 7.11 Å². The number of hydrogen-bond acceptors (Lipinski definition) is 3. The largest absolute Gasteiger partial charge is 0.383 e. The van der Waals surface area contributed by atoms with E-state index < -0.39 is 0 Å². The molecule has 0 N–H and O–H groups in total. The molecule has 0 aliphatic carbocycles. The highest BCUT2D eigenvalue weighted by Crippen LogP contribution is 2.23. The summed E-state index contributed by atoms with van der Waals surface area (Å²) in [4.78, 5) is 11.8. The molecule has 1 atom stereocenters. The van der Waals surface area contributed by atoms with Crippen LogP contribution in [0.1, 0.15) is 19.8 Å². The smallest absolute Gasteiger partial charge is 0.263 e. The van der Waals surface area contributed by atoms with Crippen LogP contribution in [0.5, 0.6) is 0 Å². The van der Waals surface area contributed by atoms with Crippen molar-refractivity contribution in [2.45, 2.75) is 25.8 Å². The van der Waals surface area contributed by atoms with Crippen molar-refractivity contribution in [3.63, 3.8) is 0 Å². The van der Waals surface area contributed by atoms with Gasteiger partial charge >= 0.3 is 0 Å². The van der Waals surface area contributed by atoms with Gasteiger partial charge < -0.3 is 4.74 Å². The predicted molar refractivity (Wildman–Crippen MR) is 57.1 cm³/mol. The van der Waals surface area contributed by atoms with Gasteiger partial charge in [0.05, 0.1) is 19.2 Å². The second kappa shape index (κ2) is 4.33. The Labute approximate surface area is 90.5 Å². The molecule has 15 heavy (non-hydrogen) atoms. The van der Waals surface area contributed by atoms with Crippen LogP contribution in [0.25, 0.3) is 0 Å². The summed E-state index contributed by atoms with van der Waals surface area (Å²) >= 11 is 0. The van der Waals surface area contributed by atoms with E-state index in [4.69, 9.17) is 4.74 Å². The number of hydrazine groups is 1. The molecule has 0 aromatic rings. The van der Waals surface area contributed by atoms with Gasteiger partial charge in [-0.05, 0) is 19.8 Å². The van der Waals surface area contributed by atoms with E-state index in [0.717, 1.165) is 31.5 Å². The molecule has 0 saturated carbocycles. The molecule has 0 bridgehead atoms. The predicted octanol–water partition coefficient (Wildman–Crippen LogP) is 0.801. The molecule has 1 unspecified atom stereocenters. The van der Waals surface area contributed by atoms with Crippen molar-refractivity contribution in [1.29, 1.82) is 0 Å². The summed E-state index contributed by atoms with van der Waals surface area (Å²) in [5.74, 6) is 0.151.